The fourth-order valence-corrected chi connectivity index (χ4v) is 2.00. The highest BCUT2D eigenvalue weighted by atomic mass is 19.1. The topological polar surface area (TPSA) is 76.7 Å². The highest BCUT2D eigenvalue weighted by molar-refractivity contribution is 5.96. The van der Waals surface area contributed by atoms with E-state index in [9.17, 15) is 18.4 Å². The average molecular weight is 364 g/mol. The van der Waals surface area contributed by atoms with Gasteiger partial charge < -0.3 is 9.47 Å². The Kier molecular flexibility index (Phi) is 6.48. The van der Waals surface area contributed by atoms with E-state index in [1.54, 1.807) is 24.3 Å². The molecule has 2 N–H and O–H groups in total. The molecule has 0 aliphatic rings. The van der Waals surface area contributed by atoms with Crippen LogP contribution in [0.1, 0.15) is 24.2 Å². The van der Waals surface area contributed by atoms with Gasteiger partial charge in [0, 0.05) is 0 Å². The zero-order valence-electron chi connectivity index (χ0n) is 14.2. The largest absolute Gasteiger partial charge is 0.494 e. The molecular weight excluding hydrogens is 346 g/mol. The second-order valence-electron chi connectivity index (χ2n) is 5.23. The first kappa shape index (κ1) is 19.2. The summed E-state index contributed by atoms with van der Waals surface area (Å²) in [5, 5.41) is 0. The van der Waals surface area contributed by atoms with Crippen LogP contribution in [0, 0.1) is 11.6 Å². The number of hydrogen-bond acceptors (Lipinski definition) is 4. The SMILES string of the molecule is CCOc1ccc(OC(C)C(=O)NNC(=O)c2cc(F)ccc2F)cc1. The van der Waals surface area contributed by atoms with Gasteiger partial charge in [-0.05, 0) is 56.3 Å². The Morgan fingerprint density at radius 3 is 2.35 bits per heavy atom. The maximum absolute atomic E-state index is 13.5. The second kappa shape index (κ2) is 8.80. The van der Waals surface area contributed by atoms with Crippen LogP contribution in [0.4, 0.5) is 8.78 Å². The summed E-state index contributed by atoms with van der Waals surface area (Å²) in [4.78, 5) is 23.8. The monoisotopic (exact) mass is 364 g/mol. The molecule has 0 saturated carbocycles. The quantitative estimate of drug-likeness (QED) is 0.773. The molecule has 2 amide bonds. The highest BCUT2D eigenvalue weighted by Crippen LogP contribution is 2.18. The van der Waals surface area contributed by atoms with Crippen LogP contribution in [0.25, 0.3) is 0 Å². The molecule has 0 spiro atoms. The molecule has 1 unspecified atom stereocenters. The number of carbonyl (C=O) groups is 2. The van der Waals surface area contributed by atoms with E-state index in [4.69, 9.17) is 9.47 Å². The molecule has 0 aromatic heterocycles. The lowest BCUT2D eigenvalue weighted by Gasteiger charge is -2.15. The van der Waals surface area contributed by atoms with Gasteiger partial charge in [-0.2, -0.15) is 0 Å². The van der Waals surface area contributed by atoms with Gasteiger partial charge in [-0.15, -0.1) is 0 Å². The van der Waals surface area contributed by atoms with E-state index in [2.05, 4.69) is 5.43 Å². The van der Waals surface area contributed by atoms with Crippen molar-refractivity contribution in [2.75, 3.05) is 6.61 Å². The number of amides is 2. The van der Waals surface area contributed by atoms with Crippen LogP contribution >= 0.6 is 0 Å². The number of benzene rings is 2. The Bertz CT molecular complexity index is 781. The van der Waals surface area contributed by atoms with Crippen molar-refractivity contribution in [1.82, 2.24) is 10.9 Å². The van der Waals surface area contributed by atoms with Crippen LogP contribution in [0.2, 0.25) is 0 Å². The minimum Gasteiger partial charge on any atom is -0.494 e. The number of halogens is 2. The Morgan fingerprint density at radius 1 is 1.04 bits per heavy atom. The minimum absolute atomic E-state index is 0.429. The second-order valence-corrected chi connectivity index (χ2v) is 5.23. The zero-order chi connectivity index (χ0) is 19.1. The summed E-state index contributed by atoms with van der Waals surface area (Å²) in [7, 11) is 0. The molecule has 0 radical (unpaired) electrons. The van der Waals surface area contributed by atoms with Gasteiger partial charge in [-0.3, -0.25) is 20.4 Å². The van der Waals surface area contributed by atoms with Gasteiger partial charge >= 0.3 is 0 Å². The zero-order valence-corrected chi connectivity index (χ0v) is 14.2. The summed E-state index contributed by atoms with van der Waals surface area (Å²) in [6.45, 7) is 3.87. The first-order valence-electron chi connectivity index (χ1n) is 7.85. The Balaban J connectivity index is 1.88. The summed E-state index contributed by atoms with van der Waals surface area (Å²) in [5.41, 5.74) is 3.59. The molecule has 26 heavy (non-hydrogen) atoms. The van der Waals surface area contributed by atoms with Crippen LogP contribution < -0.4 is 20.3 Å². The maximum Gasteiger partial charge on any atom is 0.279 e. The predicted molar refractivity (Wildman–Crippen MR) is 89.7 cm³/mol. The number of hydrazine groups is 1. The van der Waals surface area contributed by atoms with Crippen LogP contribution in [0.3, 0.4) is 0 Å². The van der Waals surface area contributed by atoms with Crippen molar-refractivity contribution >= 4 is 11.8 Å². The van der Waals surface area contributed by atoms with E-state index in [-0.39, 0.29) is 0 Å². The third-order valence-corrected chi connectivity index (χ3v) is 3.29. The van der Waals surface area contributed by atoms with Gasteiger partial charge in [0.05, 0.1) is 12.2 Å². The first-order chi connectivity index (χ1) is 12.4. The molecule has 1 atom stereocenters. The molecule has 2 rings (SSSR count). The smallest absolute Gasteiger partial charge is 0.279 e. The van der Waals surface area contributed by atoms with E-state index in [1.165, 1.54) is 6.92 Å². The van der Waals surface area contributed by atoms with Gasteiger partial charge in [-0.25, -0.2) is 8.78 Å². The molecule has 138 valence electrons. The summed E-state index contributed by atoms with van der Waals surface area (Å²) in [6, 6.07) is 9.10. The van der Waals surface area contributed by atoms with Crippen molar-refractivity contribution in [3.8, 4) is 11.5 Å². The molecule has 0 aliphatic carbocycles. The summed E-state index contributed by atoms with van der Waals surface area (Å²) < 4.78 is 37.3. The van der Waals surface area contributed by atoms with E-state index in [0.717, 1.165) is 18.2 Å². The van der Waals surface area contributed by atoms with E-state index < -0.39 is 35.1 Å². The first-order valence-corrected chi connectivity index (χ1v) is 7.85. The van der Waals surface area contributed by atoms with Crippen molar-refractivity contribution in [3.63, 3.8) is 0 Å². The number of ether oxygens (including phenoxy) is 2. The van der Waals surface area contributed by atoms with Gasteiger partial charge in [0.1, 0.15) is 23.1 Å². The van der Waals surface area contributed by atoms with Crippen molar-refractivity contribution in [2.24, 2.45) is 0 Å². The fraction of sp³-hybridized carbons (Fsp3) is 0.222. The summed E-state index contributed by atoms with van der Waals surface area (Å²) >= 11 is 0. The molecular formula is C18H18F2N2O4. The number of nitrogens with one attached hydrogen (secondary N) is 2. The molecule has 0 saturated heterocycles. The van der Waals surface area contributed by atoms with E-state index >= 15 is 0 Å². The number of carbonyl (C=O) groups excluding carboxylic acids is 2. The van der Waals surface area contributed by atoms with Gasteiger partial charge in [0.25, 0.3) is 11.8 Å². The van der Waals surface area contributed by atoms with Gasteiger partial charge in [0.2, 0.25) is 0 Å². The van der Waals surface area contributed by atoms with Gasteiger partial charge in [0.15, 0.2) is 6.10 Å². The number of rotatable bonds is 6. The van der Waals surface area contributed by atoms with Gasteiger partial charge in [-0.1, -0.05) is 0 Å². The Hall–Kier alpha value is -3.16. The average Bonchev–Trinajstić information content (AvgIpc) is 2.63. The molecule has 0 aliphatic heterocycles. The third-order valence-electron chi connectivity index (χ3n) is 3.29. The molecule has 0 fully saturated rings. The summed E-state index contributed by atoms with van der Waals surface area (Å²) in [6.07, 6.45) is -0.939. The Labute approximate surface area is 149 Å². The minimum atomic E-state index is -0.983. The molecule has 8 heteroatoms. The molecule has 6 nitrogen and oxygen atoms in total. The van der Waals surface area contributed by atoms with Crippen LogP contribution in [-0.2, 0) is 4.79 Å². The van der Waals surface area contributed by atoms with E-state index in [0.29, 0.717) is 18.1 Å². The normalized spacial score (nSPS) is 11.4. The lowest BCUT2D eigenvalue weighted by atomic mass is 10.2. The summed E-state index contributed by atoms with van der Waals surface area (Å²) in [5.74, 6) is -2.22. The predicted octanol–water partition coefficient (Wildman–Crippen LogP) is 2.59. The number of hydrogen-bond donors (Lipinski definition) is 2. The van der Waals surface area contributed by atoms with Crippen molar-refractivity contribution < 1.29 is 27.8 Å². The third kappa shape index (κ3) is 5.17. The Morgan fingerprint density at radius 2 is 1.69 bits per heavy atom. The van der Waals surface area contributed by atoms with Crippen molar-refractivity contribution in [2.45, 2.75) is 20.0 Å². The van der Waals surface area contributed by atoms with E-state index in [1.807, 2.05) is 12.3 Å². The standard InChI is InChI=1S/C18H18F2N2O4/c1-3-25-13-5-7-14(8-6-13)26-11(2)17(23)21-22-18(24)15-10-12(19)4-9-16(15)20/h4-11H,3H2,1-2H3,(H,21,23)(H,22,24). The molecule has 2 aromatic carbocycles. The molecule has 2 aromatic rings. The lowest BCUT2D eigenvalue weighted by molar-refractivity contribution is -0.128. The van der Waals surface area contributed by atoms with Crippen LogP contribution in [0.15, 0.2) is 42.5 Å². The highest BCUT2D eigenvalue weighted by Gasteiger charge is 2.18. The molecule has 0 bridgehead atoms. The fourth-order valence-electron chi connectivity index (χ4n) is 2.00. The van der Waals surface area contributed by atoms with Crippen LogP contribution in [0.5, 0.6) is 11.5 Å². The molecule has 0 heterocycles. The van der Waals surface area contributed by atoms with Crippen molar-refractivity contribution in [3.05, 3.63) is 59.7 Å². The van der Waals surface area contributed by atoms with Crippen molar-refractivity contribution in [1.29, 1.82) is 0 Å². The lowest BCUT2D eigenvalue weighted by Crippen LogP contribution is -2.47. The maximum atomic E-state index is 13.5. The van der Waals surface area contributed by atoms with Crippen LogP contribution in [-0.4, -0.2) is 24.5 Å².